The number of hydrogen-bond acceptors (Lipinski definition) is 3. The van der Waals surface area contributed by atoms with Gasteiger partial charge in [-0.25, -0.2) is 0 Å². The normalized spacial score (nSPS) is 12.0. The summed E-state index contributed by atoms with van der Waals surface area (Å²) < 4.78 is 0. The van der Waals surface area contributed by atoms with E-state index in [9.17, 15) is 14.9 Å². The lowest BCUT2D eigenvalue weighted by Crippen LogP contribution is -2.09. The van der Waals surface area contributed by atoms with Crippen LogP contribution < -0.4 is 5.56 Å². The molecule has 1 N–H and O–H groups in total. The molecule has 0 bridgehead atoms. The number of aromatic nitrogens is 1. The molecule has 5 nitrogen and oxygen atoms in total. The molecule has 0 spiro atoms. The van der Waals surface area contributed by atoms with E-state index in [2.05, 4.69) is 4.98 Å². The molecular formula is C22H14N2O3. The third kappa shape index (κ3) is 2.29. The monoisotopic (exact) mass is 354 g/mol. The molecule has 27 heavy (non-hydrogen) atoms. The highest BCUT2D eigenvalue weighted by Gasteiger charge is 2.25. The maximum Gasteiger partial charge on any atom is 0.277 e. The zero-order valence-corrected chi connectivity index (χ0v) is 14.2. The van der Waals surface area contributed by atoms with Crippen LogP contribution in [0.2, 0.25) is 0 Å². The number of nitrogens with one attached hydrogen (secondary N) is 1. The lowest BCUT2D eigenvalue weighted by Gasteiger charge is -2.07. The Balaban J connectivity index is 1.76. The van der Waals surface area contributed by atoms with Crippen LogP contribution in [0.25, 0.3) is 33.2 Å². The number of para-hydroxylation sites is 2. The second-order valence-electron chi connectivity index (χ2n) is 6.68. The van der Waals surface area contributed by atoms with E-state index < -0.39 is 0 Å². The van der Waals surface area contributed by atoms with Crippen LogP contribution in [0.1, 0.15) is 11.1 Å². The molecule has 5 heteroatoms. The van der Waals surface area contributed by atoms with Crippen molar-refractivity contribution in [2.75, 3.05) is 0 Å². The number of benzene rings is 3. The zero-order chi connectivity index (χ0) is 18.5. The smallest absolute Gasteiger partial charge is 0.277 e. The lowest BCUT2D eigenvalue weighted by atomic mass is 9.98. The van der Waals surface area contributed by atoms with Crippen LogP contribution in [0.3, 0.4) is 0 Å². The van der Waals surface area contributed by atoms with Gasteiger partial charge in [0.15, 0.2) is 0 Å². The van der Waals surface area contributed by atoms with Crippen molar-refractivity contribution in [1.82, 2.24) is 4.98 Å². The Hall–Kier alpha value is -3.73. The largest absolute Gasteiger partial charge is 0.321 e. The summed E-state index contributed by atoms with van der Waals surface area (Å²) in [5, 5.41) is 12.4. The SMILES string of the molecule is O=c1[nH]c2ccccc2c2c1-c1cc(-c3ccccc3[N+](=O)[O-])ccc1C2. The summed E-state index contributed by atoms with van der Waals surface area (Å²) >= 11 is 0. The van der Waals surface area contributed by atoms with Gasteiger partial charge in [-0.15, -0.1) is 0 Å². The van der Waals surface area contributed by atoms with Gasteiger partial charge in [0.2, 0.25) is 0 Å². The molecule has 0 unspecified atom stereocenters. The Labute approximate surface area is 154 Å². The van der Waals surface area contributed by atoms with Gasteiger partial charge in [-0.05, 0) is 46.9 Å². The van der Waals surface area contributed by atoms with Crippen molar-refractivity contribution in [2.45, 2.75) is 6.42 Å². The van der Waals surface area contributed by atoms with E-state index in [-0.39, 0.29) is 16.2 Å². The molecule has 3 aromatic carbocycles. The molecule has 1 aliphatic rings. The lowest BCUT2D eigenvalue weighted by molar-refractivity contribution is -0.384. The Morgan fingerprint density at radius 2 is 1.70 bits per heavy atom. The van der Waals surface area contributed by atoms with Gasteiger partial charge in [-0.1, -0.05) is 42.5 Å². The number of nitrogens with zero attached hydrogens (tertiary/aromatic N) is 1. The molecule has 0 fully saturated rings. The van der Waals surface area contributed by atoms with Gasteiger partial charge in [-0.3, -0.25) is 14.9 Å². The highest BCUT2D eigenvalue weighted by atomic mass is 16.6. The maximum absolute atomic E-state index is 12.7. The number of H-pyrrole nitrogens is 1. The van der Waals surface area contributed by atoms with Crippen molar-refractivity contribution in [3.63, 3.8) is 0 Å². The number of hydrogen-bond donors (Lipinski definition) is 1. The number of pyridine rings is 1. The summed E-state index contributed by atoms with van der Waals surface area (Å²) in [6, 6.07) is 20.2. The molecule has 0 saturated carbocycles. The van der Waals surface area contributed by atoms with Gasteiger partial charge >= 0.3 is 0 Å². The van der Waals surface area contributed by atoms with Gasteiger partial charge in [-0.2, -0.15) is 0 Å². The molecule has 0 saturated heterocycles. The van der Waals surface area contributed by atoms with Crippen LogP contribution >= 0.6 is 0 Å². The summed E-state index contributed by atoms with van der Waals surface area (Å²) in [5.74, 6) is 0. The molecular weight excluding hydrogens is 340 g/mol. The summed E-state index contributed by atoms with van der Waals surface area (Å²) in [7, 11) is 0. The number of aromatic amines is 1. The van der Waals surface area contributed by atoms with Crippen molar-refractivity contribution in [3.8, 4) is 22.3 Å². The Morgan fingerprint density at radius 3 is 2.56 bits per heavy atom. The van der Waals surface area contributed by atoms with Crippen LogP contribution in [0.4, 0.5) is 5.69 Å². The van der Waals surface area contributed by atoms with Gasteiger partial charge in [0.1, 0.15) is 0 Å². The summed E-state index contributed by atoms with van der Waals surface area (Å²) in [6.45, 7) is 0. The number of nitro benzene ring substituents is 1. The number of rotatable bonds is 2. The molecule has 1 aliphatic carbocycles. The van der Waals surface area contributed by atoms with Crippen LogP contribution in [-0.2, 0) is 6.42 Å². The Kier molecular flexibility index (Phi) is 3.24. The summed E-state index contributed by atoms with van der Waals surface area (Å²) in [4.78, 5) is 26.7. The fourth-order valence-electron chi connectivity index (χ4n) is 3.98. The van der Waals surface area contributed by atoms with Crippen LogP contribution in [0.5, 0.6) is 0 Å². The van der Waals surface area contributed by atoms with Gasteiger partial charge in [0, 0.05) is 17.0 Å². The Morgan fingerprint density at radius 1 is 0.926 bits per heavy atom. The third-order valence-corrected chi connectivity index (χ3v) is 5.19. The highest BCUT2D eigenvalue weighted by Crippen LogP contribution is 2.40. The molecule has 0 amide bonds. The van der Waals surface area contributed by atoms with Gasteiger partial charge < -0.3 is 4.98 Å². The highest BCUT2D eigenvalue weighted by molar-refractivity contribution is 5.93. The van der Waals surface area contributed by atoms with E-state index in [0.717, 1.165) is 33.2 Å². The fourth-order valence-corrected chi connectivity index (χ4v) is 3.98. The molecule has 130 valence electrons. The average Bonchev–Trinajstić information content (AvgIpc) is 3.07. The van der Waals surface area contributed by atoms with E-state index in [1.165, 1.54) is 6.07 Å². The first-order chi connectivity index (χ1) is 13.1. The van der Waals surface area contributed by atoms with Crippen molar-refractivity contribution in [2.24, 2.45) is 0 Å². The topological polar surface area (TPSA) is 76.0 Å². The molecule has 4 aromatic rings. The summed E-state index contributed by atoms with van der Waals surface area (Å²) in [6.07, 6.45) is 0.687. The predicted molar refractivity (Wildman–Crippen MR) is 105 cm³/mol. The maximum atomic E-state index is 12.7. The van der Waals surface area contributed by atoms with E-state index in [4.69, 9.17) is 0 Å². The van der Waals surface area contributed by atoms with E-state index in [0.29, 0.717) is 17.5 Å². The minimum absolute atomic E-state index is 0.0584. The van der Waals surface area contributed by atoms with Crippen molar-refractivity contribution < 1.29 is 4.92 Å². The average molecular weight is 354 g/mol. The van der Waals surface area contributed by atoms with Crippen LogP contribution in [0.15, 0.2) is 71.5 Å². The van der Waals surface area contributed by atoms with Crippen molar-refractivity contribution in [3.05, 3.63) is 98.3 Å². The molecule has 1 aromatic heterocycles. The zero-order valence-electron chi connectivity index (χ0n) is 14.2. The molecule has 1 heterocycles. The van der Waals surface area contributed by atoms with Crippen LogP contribution in [-0.4, -0.2) is 9.91 Å². The van der Waals surface area contributed by atoms with E-state index in [1.807, 2.05) is 42.5 Å². The summed E-state index contributed by atoms with van der Waals surface area (Å²) in [5.41, 5.74) is 5.66. The van der Waals surface area contributed by atoms with E-state index in [1.54, 1.807) is 18.2 Å². The second-order valence-corrected chi connectivity index (χ2v) is 6.68. The molecule has 0 atom stereocenters. The second kappa shape index (κ2) is 5.64. The first-order valence-electron chi connectivity index (χ1n) is 8.64. The number of fused-ring (bicyclic) bond motifs is 5. The quantitative estimate of drug-likeness (QED) is 0.369. The van der Waals surface area contributed by atoms with Crippen molar-refractivity contribution in [1.29, 1.82) is 0 Å². The van der Waals surface area contributed by atoms with Gasteiger partial charge in [0.25, 0.3) is 11.2 Å². The molecule has 0 aliphatic heterocycles. The van der Waals surface area contributed by atoms with E-state index >= 15 is 0 Å². The van der Waals surface area contributed by atoms with Crippen LogP contribution in [0, 0.1) is 10.1 Å². The first kappa shape index (κ1) is 15.5. The van der Waals surface area contributed by atoms with Crippen molar-refractivity contribution >= 4 is 16.6 Å². The third-order valence-electron chi connectivity index (χ3n) is 5.19. The Bertz CT molecular complexity index is 1300. The minimum atomic E-state index is -0.378. The first-order valence-corrected chi connectivity index (χ1v) is 8.64. The predicted octanol–water partition coefficient (Wildman–Crippen LogP) is 4.67. The molecule has 5 rings (SSSR count). The number of nitro groups is 1. The van der Waals surface area contributed by atoms with Gasteiger partial charge in [0.05, 0.1) is 16.1 Å². The minimum Gasteiger partial charge on any atom is -0.321 e. The standard InChI is InChI=1S/C22H14N2O3/c25-22-21-17-11-13(15-5-2-4-8-20(15)24(26)27)9-10-14(17)12-18(21)16-6-1-3-7-19(16)23-22/h1-11H,12H2,(H,23,25). The fraction of sp³-hybridized carbons (Fsp3) is 0.0455. The molecule has 0 radical (unpaired) electrons.